The van der Waals surface area contributed by atoms with Crippen LogP contribution in [0.2, 0.25) is 0 Å². The van der Waals surface area contributed by atoms with Crippen molar-refractivity contribution < 1.29 is 9.90 Å². The number of aliphatic hydroxyl groups is 1. The van der Waals surface area contributed by atoms with Crippen molar-refractivity contribution in [2.45, 2.75) is 33.3 Å². The molecular formula is C17H24N2O2. The number of hydrogen-bond donors (Lipinski definition) is 2. The lowest BCUT2D eigenvalue weighted by Crippen LogP contribution is -2.42. The standard InChI is InChI=1S/C17H24N2O2/c1-5-19(12-17(3,4)21)16(20)15-9-8-14(7-6-10-18)13(2)11-15/h8-9,11,21H,5,10,12,18H2,1-4H3. The maximum Gasteiger partial charge on any atom is 0.253 e. The van der Waals surface area contributed by atoms with Gasteiger partial charge in [-0.15, -0.1) is 0 Å². The molecule has 0 unspecified atom stereocenters. The quantitative estimate of drug-likeness (QED) is 0.826. The first-order chi connectivity index (χ1) is 9.78. The molecule has 0 aliphatic rings. The van der Waals surface area contributed by atoms with E-state index in [1.165, 1.54) is 0 Å². The fourth-order valence-electron chi connectivity index (χ4n) is 2.06. The molecule has 0 aliphatic carbocycles. The van der Waals surface area contributed by atoms with Crippen LogP contribution in [0.4, 0.5) is 0 Å². The van der Waals surface area contributed by atoms with E-state index in [0.717, 1.165) is 11.1 Å². The van der Waals surface area contributed by atoms with E-state index in [9.17, 15) is 9.90 Å². The molecule has 0 radical (unpaired) electrons. The number of likely N-dealkylation sites (N-methyl/N-ethyl adjacent to an activating group) is 1. The van der Waals surface area contributed by atoms with E-state index in [4.69, 9.17) is 5.73 Å². The van der Waals surface area contributed by atoms with Crippen molar-refractivity contribution in [3.05, 3.63) is 34.9 Å². The average Bonchev–Trinajstić information content (AvgIpc) is 2.41. The van der Waals surface area contributed by atoms with Crippen LogP contribution >= 0.6 is 0 Å². The van der Waals surface area contributed by atoms with Gasteiger partial charge < -0.3 is 15.7 Å². The van der Waals surface area contributed by atoms with Gasteiger partial charge in [0.2, 0.25) is 0 Å². The summed E-state index contributed by atoms with van der Waals surface area (Å²) < 4.78 is 0. The molecule has 4 nitrogen and oxygen atoms in total. The Labute approximate surface area is 127 Å². The average molecular weight is 288 g/mol. The van der Waals surface area contributed by atoms with Crippen molar-refractivity contribution in [1.29, 1.82) is 0 Å². The van der Waals surface area contributed by atoms with Gasteiger partial charge in [0.15, 0.2) is 0 Å². The van der Waals surface area contributed by atoms with Crippen LogP contribution < -0.4 is 5.73 Å². The third-order valence-corrected chi connectivity index (χ3v) is 3.05. The number of benzene rings is 1. The highest BCUT2D eigenvalue weighted by molar-refractivity contribution is 5.94. The van der Waals surface area contributed by atoms with E-state index in [2.05, 4.69) is 11.8 Å². The van der Waals surface area contributed by atoms with Gasteiger partial charge in [0, 0.05) is 24.2 Å². The second-order valence-electron chi connectivity index (χ2n) is 5.67. The van der Waals surface area contributed by atoms with E-state index in [0.29, 0.717) is 25.2 Å². The first-order valence-corrected chi connectivity index (χ1v) is 7.09. The number of carbonyl (C=O) groups is 1. The molecule has 1 aromatic rings. The SMILES string of the molecule is CCN(CC(C)(C)O)C(=O)c1ccc(C#CCN)c(C)c1. The lowest BCUT2D eigenvalue weighted by molar-refractivity contribution is 0.0314. The van der Waals surface area contributed by atoms with Crippen LogP contribution in [-0.4, -0.2) is 41.1 Å². The third-order valence-electron chi connectivity index (χ3n) is 3.05. The molecule has 0 saturated carbocycles. The largest absolute Gasteiger partial charge is 0.389 e. The number of amides is 1. The minimum atomic E-state index is -0.909. The van der Waals surface area contributed by atoms with Crippen LogP contribution in [0.1, 0.15) is 42.3 Å². The lowest BCUT2D eigenvalue weighted by atomic mass is 10.0. The number of rotatable bonds is 4. The van der Waals surface area contributed by atoms with Crippen LogP contribution in [0.25, 0.3) is 0 Å². The highest BCUT2D eigenvalue weighted by Crippen LogP contribution is 2.14. The zero-order valence-corrected chi connectivity index (χ0v) is 13.2. The van der Waals surface area contributed by atoms with Gasteiger partial charge in [0.1, 0.15) is 0 Å². The molecule has 0 aromatic heterocycles. The zero-order valence-electron chi connectivity index (χ0n) is 13.2. The van der Waals surface area contributed by atoms with Gasteiger partial charge in [-0.3, -0.25) is 4.79 Å². The smallest absolute Gasteiger partial charge is 0.253 e. The Bertz CT molecular complexity index is 562. The number of carbonyl (C=O) groups excluding carboxylic acids is 1. The Morgan fingerprint density at radius 3 is 2.57 bits per heavy atom. The molecule has 0 spiro atoms. The molecule has 0 heterocycles. The summed E-state index contributed by atoms with van der Waals surface area (Å²) in [7, 11) is 0. The predicted octanol–water partition coefficient (Wildman–Crippen LogP) is 1.54. The highest BCUT2D eigenvalue weighted by atomic mass is 16.3. The summed E-state index contributed by atoms with van der Waals surface area (Å²) in [6.45, 7) is 8.38. The second-order valence-corrected chi connectivity index (χ2v) is 5.67. The fraction of sp³-hybridized carbons (Fsp3) is 0.471. The lowest BCUT2D eigenvalue weighted by Gasteiger charge is -2.28. The van der Waals surface area contributed by atoms with Gasteiger partial charge in [-0.1, -0.05) is 11.8 Å². The zero-order chi connectivity index (χ0) is 16.0. The van der Waals surface area contributed by atoms with E-state index in [-0.39, 0.29) is 5.91 Å². The van der Waals surface area contributed by atoms with E-state index >= 15 is 0 Å². The van der Waals surface area contributed by atoms with Crippen LogP contribution in [0.5, 0.6) is 0 Å². The molecule has 0 fully saturated rings. The van der Waals surface area contributed by atoms with Gasteiger partial charge in [-0.05, 0) is 51.5 Å². The van der Waals surface area contributed by atoms with Gasteiger partial charge in [-0.25, -0.2) is 0 Å². The van der Waals surface area contributed by atoms with E-state index < -0.39 is 5.60 Å². The van der Waals surface area contributed by atoms with Crippen molar-refractivity contribution in [2.75, 3.05) is 19.6 Å². The molecule has 114 valence electrons. The Morgan fingerprint density at radius 1 is 1.43 bits per heavy atom. The van der Waals surface area contributed by atoms with E-state index in [1.807, 2.05) is 26.0 Å². The van der Waals surface area contributed by atoms with Crippen molar-refractivity contribution in [3.8, 4) is 11.8 Å². The Morgan fingerprint density at radius 2 is 2.10 bits per heavy atom. The maximum absolute atomic E-state index is 12.5. The van der Waals surface area contributed by atoms with Gasteiger partial charge in [-0.2, -0.15) is 0 Å². The Balaban J connectivity index is 2.99. The molecule has 0 bridgehead atoms. The number of aryl methyl sites for hydroxylation is 1. The first kappa shape index (κ1) is 17.2. The normalized spacial score (nSPS) is 10.8. The van der Waals surface area contributed by atoms with Crippen molar-refractivity contribution in [3.63, 3.8) is 0 Å². The molecular weight excluding hydrogens is 264 g/mol. The molecule has 1 amide bonds. The van der Waals surface area contributed by atoms with Crippen molar-refractivity contribution in [1.82, 2.24) is 4.90 Å². The minimum Gasteiger partial charge on any atom is -0.389 e. The topological polar surface area (TPSA) is 66.6 Å². The molecule has 1 rings (SSSR count). The van der Waals surface area contributed by atoms with Gasteiger partial charge in [0.25, 0.3) is 5.91 Å². The summed E-state index contributed by atoms with van der Waals surface area (Å²) in [5.74, 6) is 5.71. The van der Waals surface area contributed by atoms with Crippen LogP contribution in [0.3, 0.4) is 0 Å². The summed E-state index contributed by atoms with van der Waals surface area (Å²) in [6, 6.07) is 5.43. The monoisotopic (exact) mass is 288 g/mol. The molecule has 0 atom stereocenters. The molecule has 4 heteroatoms. The molecule has 0 aliphatic heterocycles. The summed E-state index contributed by atoms with van der Waals surface area (Å²) in [6.07, 6.45) is 0. The van der Waals surface area contributed by atoms with Crippen molar-refractivity contribution >= 4 is 5.91 Å². The molecule has 0 saturated heterocycles. The second kappa shape index (κ2) is 7.26. The maximum atomic E-state index is 12.5. The molecule has 21 heavy (non-hydrogen) atoms. The summed E-state index contributed by atoms with van der Waals surface area (Å²) in [5, 5.41) is 9.89. The van der Waals surface area contributed by atoms with Crippen LogP contribution in [0.15, 0.2) is 18.2 Å². The predicted molar refractivity (Wildman–Crippen MR) is 85.0 cm³/mol. The van der Waals surface area contributed by atoms with Crippen LogP contribution in [0, 0.1) is 18.8 Å². The number of hydrogen-bond acceptors (Lipinski definition) is 3. The Hall–Kier alpha value is -1.83. The minimum absolute atomic E-state index is 0.0824. The highest BCUT2D eigenvalue weighted by Gasteiger charge is 2.22. The fourth-order valence-corrected chi connectivity index (χ4v) is 2.06. The summed E-state index contributed by atoms with van der Waals surface area (Å²) in [5.41, 5.74) is 6.88. The molecule has 3 N–H and O–H groups in total. The van der Waals surface area contributed by atoms with Crippen LogP contribution in [-0.2, 0) is 0 Å². The van der Waals surface area contributed by atoms with E-state index in [1.54, 1.807) is 24.8 Å². The first-order valence-electron chi connectivity index (χ1n) is 7.09. The number of nitrogens with zero attached hydrogens (tertiary/aromatic N) is 1. The Kier molecular flexibility index (Phi) is 5.95. The molecule has 1 aromatic carbocycles. The van der Waals surface area contributed by atoms with Gasteiger partial charge >= 0.3 is 0 Å². The van der Waals surface area contributed by atoms with Gasteiger partial charge in [0.05, 0.1) is 12.1 Å². The third kappa shape index (κ3) is 5.22. The van der Waals surface area contributed by atoms with Crippen molar-refractivity contribution in [2.24, 2.45) is 5.73 Å². The summed E-state index contributed by atoms with van der Waals surface area (Å²) >= 11 is 0. The number of nitrogens with two attached hydrogens (primary N) is 1. The summed E-state index contributed by atoms with van der Waals surface area (Å²) in [4.78, 5) is 14.1.